The van der Waals surface area contributed by atoms with E-state index in [-0.39, 0.29) is 24.1 Å². The summed E-state index contributed by atoms with van der Waals surface area (Å²) in [6, 6.07) is 6.97. The average molecular weight is 511 g/mol. The summed E-state index contributed by atoms with van der Waals surface area (Å²) in [7, 11) is 1.62. The molecule has 3 aromatic rings. The number of nitrogens with one attached hydrogen (secondary N) is 1. The number of ketones is 1. The summed E-state index contributed by atoms with van der Waals surface area (Å²) >= 11 is 1.25. The van der Waals surface area contributed by atoms with E-state index in [9.17, 15) is 32.7 Å². The van der Waals surface area contributed by atoms with Gasteiger partial charge >= 0.3 is 12.3 Å². The number of rotatable bonds is 9. The van der Waals surface area contributed by atoms with Crippen LogP contribution in [0.1, 0.15) is 54.5 Å². The minimum atomic E-state index is -4.83. The Balaban J connectivity index is 1.89. The van der Waals surface area contributed by atoms with Gasteiger partial charge in [0.15, 0.2) is 0 Å². The minimum Gasteiger partial charge on any atom is -0.481 e. The molecule has 0 unspecified atom stereocenters. The van der Waals surface area contributed by atoms with Crippen LogP contribution in [0, 0.1) is 5.41 Å². The van der Waals surface area contributed by atoms with Gasteiger partial charge in [-0.15, -0.1) is 24.5 Å². The number of hydrogen-bond acceptors (Lipinski definition) is 5. The van der Waals surface area contributed by atoms with E-state index >= 15 is 0 Å². The van der Waals surface area contributed by atoms with Crippen molar-refractivity contribution in [2.45, 2.75) is 46.4 Å². The first kappa shape index (κ1) is 26.3. The molecule has 2 heterocycles. The van der Waals surface area contributed by atoms with E-state index in [1.165, 1.54) is 49.4 Å². The van der Waals surface area contributed by atoms with Crippen LogP contribution in [0.15, 0.2) is 30.3 Å². The van der Waals surface area contributed by atoms with Crippen LogP contribution in [-0.2, 0) is 23.1 Å². The summed E-state index contributed by atoms with van der Waals surface area (Å²) in [5.74, 6) is -2.22. The number of amides is 1. The van der Waals surface area contributed by atoms with Crippen molar-refractivity contribution in [3.8, 4) is 5.75 Å². The smallest absolute Gasteiger partial charge is 0.481 e. The molecule has 2 aromatic heterocycles. The molecule has 7 nitrogen and oxygen atoms in total. The SMILES string of the molecule is CCc1cc(C(=O)c2cc3cc(OC(F)(F)F)ccc3n2C)c(NC(=O)CCC(C)(C)C(=O)O)s1. The van der Waals surface area contributed by atoms with Crippen molar-refractivity contribution in [3.63, 3.8) is 0 Å². The fourth-order valence-electron chi connectivity index (χ4n) is 3.48. The zero-order chi connectivity index (χ0) is 26.1. The molecule has 11 heteroatoms. The van der Waals surface area contributed by atoms with Gasteiger partial charge in [0.1, 0.15) is 10.8 Å². The highest BCUT2D eigenvalue weighted by Crippen LogP contribution is 2.34. The van der Waals surface area contributed by atoms with E-state index in [1.807, 2.05) is 6.92 Å². The maximum Gasteiger partial charge on any atom is 0.573 e. The molecule has 3 rings (SSSR count). The number of fused-ring (bicyclic) bond motifs is 1. The predicted molar refractivity (Wildman–Crippen MR) is 126 cm³/mol. The van der Waals surface area contributed by atoms with E-state index in [2.05, 4.69) is 10.1 Å². The molecule has 0 saturated heterocycles. The van der Waals surface area contributed by atoms with Gasteiger partial charge in [0.25, 0.3) is 0 Å². The molecule has 0 radical (unpaired) electrons. The molecule has 0 aliphatic carbocycles. The zero-order valence-electron chi connectivity index (χ0n) is 19.6. The Morgan fingerprint density at radius 1 is 1.14 bits per heavy atom. The summed E-state index contributed by atoms with van der Waals surface area (Å²) < 4.78 is 43.3. The Morgan fingerprint density at radius 2 is 1.83 bits per heavy atom. The van der Waals surface area contributed by atoms with Gasteiger partial charge in [-0.3, -0.25) is 14.4 Å². The number of nitrogens with zero attached hydrogens (tertiary/aromatic N) is 1. The highest BCUT2D eigenvalue weighted by Gasteiger charge is 2.31. The second kappa shape index (κ2) is 9.73. The Hall–Kier alpha value is -3.34. The highest BCUT2D eigenvalue weighted by atomic mass is 32.1. The van der Waals surface area contributed by atoms with Crippen molar-refractivity contribution in [1.82, 2.24) is 4.57 Å². The number of hydrogen-bond donors (Lipinski definition) is 2. The topological polar surface area (TPSA) is 97.6 Å². The molecule has 0 saturated carbocycles. The summed E-state index contributed by atoms with van der Waals surface area (Å²) in [6.07, 6.45) is -4.13. The number of ether oxygens (including phenoxy) is 1. The molecule has 1 aromatic carbocycles. The Kier molecular flexibility index (Phi) is 7.30. The number of halogens is 3. The first-order valence-electron chi connectivity index (χ1n) is 10.8. The van der Waals surface area contributed by atoms with Crippen LogP contribution in [0.25, 0.3) is 10.9 Å². The number of aromatic nitrogens is 1. The van der Waals surface area contributed by atoms with Crippen LogP contribution in [0.3, 0.4) is 0 Å². The second-order valence-electron chi connectivity index (χ2n) is 8.73. The maximum absolute atomic E-state index is 13.4. The molecule has 0 atom stereocenters. The number of aliphatic carboxylic acids is 1. The molecule has 188 valence electrons. The van der Waals surface area contributed by atoms with Crippen LogP contribution < -0.4 is 10.1 Å². The van der Waals surface area contributed by atoms with Gasteiger partial charge in [0.2, 0.25) is 11.7 Å². The number of carbonyl (C=O) groups excluding carboxylic acids is 2. The number of alkyl halides is 3. The molecule has 0 aliphatic heterocycles. The number of thiophene rings is 1. The Bertz CT molecular complexity index is 1290. The summed E-state index contributed by atoms with van der Waals surface area (Å²) in [5, 5.41) is 12.7. The third kappa shape index (κ3) is 6.02. The standard InChI is InChI=1S/C24H25F3N2O5S/c1-5-15-12-16(21(35-15)28-19(30)8-9-23(2,3)22(32)33)20(31)18-11-13-10-14(34-24(25,26)27)6-7-17(13)29(18)4/h6-7,10-12H,5,8-9H2,1-4H3,(H,28,30)(H,32,33). The lowest BCUT2D eigenvalue weighted by atomic mass is 9.88. The lowest BCUT2D eigenvalue weighted by Crippen LogP contribution is -2.25. The number of benzene rings is 1. The molecule has 1 amide bonds. The molecule has 0 fully saturated rings. The van der Waals surface area contributed by atoms with Crippen molar-refractivity contribution in [2.75, 3.05) is 5.32 Å². The fraction of sp³-hybridized carbons (Fsp3) is 0.375. The quantitative estimate of drug-likeness (QED) is 0.357. The fourth-order valence-corrected chi connectivity index (χ4v) is 4.49. The van der Waals surface area contributed by atoms with Crippen molar-refractivity contribution >= 4 is 44.9 Å². The van der Waals surface area contributed by atoms with Gasteiger partial charge in [0, 0.05) is 29.2 Å². The van der Waals surface area contributed by atoms with E-state index in [4.69, 9.17) is 0 Å². The van der Waals surface area contributed by atoms with E-state index in [1.54, 1.807) is 17.7 Å². The zero-order valence-corrected chi connectivity index (χ0v) is 20.4. The predicted octanol–water partition coefficient (Wildman–Crippen LogP) is 5.76. The van der Waals surface area contributed by atoms with E-state index in [0.717, 1.165) is 4.88 Å². The lowest BCUT2D eigenvalue weighted by molar-refractivity contribution is -0.274. The second-order valence-corrected chi connectivity index (χ2v) is 9.87. The molecule has 0 aliphatic rings. The summed E-state index contributed by atoms with van der Waals surface area (Å²) in [6.45, 7) is 4.96. The van der Waals surface area contributed by atoms with Gasteiger partial charge < -0.3 is 19.7 Å². The molecule has 0 bridgehead atoms. The molecule has 35 heavy (non-hydrogen) atoms. The maximum atomic E-state index is 13.4. The van der Waals surface area contributed by atoms with Gasteiger partial charge in [-0.05, 0) is 57.0 Å². The van der Waals surface area contributed by atoms with Crippen LogP contribution in [-0.4, -0.2) is 33.7 Å². The van der Waals surface area contributed by atoms with Crippen molar-refractivity contribution < 1.29 is 37.4 Å². The number of aryl methyl sites for hydroxylation is 2. The number of anilines is 1. The number of carboxylic acids is 1. The Labute approximate surface area is 203 Å². The first-order valence-corrected chi connectivity index (χ1v) is 11.6. The van der Waals surface area contributed by atoms with Crippen LogP contribution in [0.4, 0.5) is 18.2 Å². The van der Waals surface area contributed by atoms with E-state index in [0.29, 0.717) is 22.3 Å². The van der Waals surface area contributed by atoms with Crippen LogP contribution in [0.2, 0.25) is 0 Å². The largest absolute Gasteiger partial charge is 0.573 e. The lowest BCUT2D eigenvalue weighted by Gasteiger charge is -2.18. The highest BCUT2D eigenvalue weighted by molar-refractivity contribution is 7.16. The Morgan fingerprint density at radius 3 is 2.43 bits per heavy atom. The minimum absolute atomic E-state index is 0.0394. The summed E-state index contributed by atoms with van der Waals surface area (Å²) in [4.78, 5) is 38.1. The van der Waals surface area contributed by atoms with E-state index < -0.39 is 35.2 Å². The van der Waals surface area contributed by atoms with Crippen LogP contribution >= 0.6 is 11.3 Å². The molecule has 2 N–H and O–H groups in total. The number of carbonyl (C=O) groups is 3. The summed E-state index contributed by atoms with van der Waals surface area (Å²) in [5.41, 5.74) is -0.0458. The van der Waals surface area contributed by atoms with Gasteiger partial charge in [0.05, 0.1) is 16.7 Å². The average Bonchev–Trinajstić information content (AvgIpc) is 3.31. The van der Waals surface area contributed by atoms with Crippen molar-refractivity contribution in [3.05, 3.63) is 46.5 Å². The third-order valence-corrected chi connectivity index (χ3v) is 6.86. The van der Waals surface area contributed by atoms with Gasteiger partial charge in [-0.1, -0.05) is 6.92 Å². The normalized spacial score (nSPS) is 12.1. The third-order valence-electron chi connectivity index (χ3n) is 5.67. The molecular weight excluding hydrogens is 485 g/mol. The van der Waals surface area contributed by atoms with Crippen molar-refractivity contribution in [1.29, 1.82) is 0 Å². The monoisotopic (exact) mass is 510 g/mol. The molecular formula is C24H25F3N2O5S. The van der Waals surface area contributed by atoms with Gasteiger partial charge in [-0.25, -0.2) is 0 Å². The molecule has 0 spiro atoms. The number of carboxylic acid groups (broad SMARTS) is 1. The van der Waals surface area contributed by atoms with Crippen molar-refractivity contribution in [2.24, 2.45) is 12.5 Å². The van der Waals surface area contributed by atoms with Gasteiger partial charge in [-0.2, -0.15) is 0 Å². The first-order chi connectivity index (χ1) is 16.2. The van der Waals surface area contributed by atoms with Crippen LogP contribution in [0.5, 0.6) is 5.75 Å².